The Hall–Kier alpha value is -4.73. The molecule has 1 heterocycles. The van der Waals surface area contributed by atoms with Gasteiger partial charge < -0.3 is 25.0 Å². The SMILES string of the molecule is CCOC(=O)CC1(CC(=O)OCC)c2cc(C#Cc3cc(CO)nc(CO)c3)ccc2-c2ccc(NC(=O)C(F)(F)F)cc21. The number of aliphatic hydroxyl groups excluding tert-OH is 2. The summed E-state index contributed by atoms with van der Waals surface area (Å²) in [6.45, 7) is 2.64. The number of amides is 1. The fraction of sp³-hybridized carbons (Fsp3) is 0.312. The van der Waals surface area contributed by atoms with Gasteiger partial charge in [-0.05, 0) is 72.5 Å². The third kappa shape index (κ3) is 6.90. The van der Waals surface area contributed by atoms with E-state index in [0.29, 0.717) is 44.8 Å². The number of rotatable bonds is 9. The largest absolute Gasteiger partial charge is 0.471 e. The minimum absolute atomic E-state index is 0.0544. The molecule has 9 nitrogen and oxygen atoms in total. The molecule has 0 spiro atoms. The molecule has 0 bridgehead atoms. The van der Waals surface area contributed by atoms with E-state index in [2.05, 4.69) is 16.8 Å². The van der Waals surface area contributed by atoms with Gasteiger partial charge in [0.1, 0.15) is 0 Å². The molecule has 0 aliphatic heterocycles. The van der Waals surface area contributed by atoms with Crippen molar-refractivity contribution < 1.29 is 47.2 Å². The Labute approximate surface area is 251 Å². The zero-order valence-electron chi connectivity index (χ0n) is 23.9. The number of halogens is 3. The second kappa shape index (κ2) is 13.3. The molecule has 3 N–H and O–H groups in total. The molecule has 1 amide bonds. The van der Waals surface area contributed by atoms with E-state index < -0.39 is 29.4 Å². The fourth-order valence-electron chi connectivity index (χ4n) is 5.24. The van der Waals surface area contributed by atoms with Gasteiger partial charge in [-0.2, -0.15) is 13.2 Å². The topological polar surface area (TPSA) is 135 Å². The lowest BCUT2D eigenvalue weighted by Gasteiger charge is -2.30. The van der Waals surface area contributed by atoms with Crippen LogP contribution in [0.25, 0.3) is 11.1 Å². The van der Waals surface area contributed by atoms with Crippen molar-refractivity contribution in [1.29, 1.82) is 0 Å². The highest BCUT2D eigenvalue weighted by Gasteiger charge is 2.48. The highest BCUT2D eigenvalue weighted by Crippen LogP contribution is 2.54. The number of nitrogens with zero attached hydrogens (tertiary/aromatic N) is 1. The normalized spacial score (nSPS) is 12.8. The van der Waals surface area contributed by atoms with E-state index in [1.807, 2.05) is 5.32 Å². The molecule has 44 heavy (non-hydrogen) atoms. The minimum Gasteiger partial charge on any atom is -0.466 e. The lowest BCUT2D eigenvalue weighted by atomic mass is 9.72. The van der Waals surface area contributed by atoms with Crippen LogP contribution in [0, 0.1) is 11.8 Å². The zero-order chi connectivity index (χ0) is 32.1. The summed E-state index contributed by atoms with van der Waals surface area (Å²) < 4.78 is 49.6. The van der Waals surface area contributed by atoms with Crippen molar-refractivity contribution in [3.05, 3.63) is 82.2 Å². The van der Waals surface area contributed by atoms with Gasteiger partial charge in [-0.1, -0.05) is 24.0 Å². The first-order chi connectivity index (χ1) is 20.9. The van der Waals surface area contributed by atoms with E-state index >= 15 is 0 Å². The second-order valence-electron chi connectivity index (χ2n) is 9.92. The second-order valence-corrected chi connectivity index (χ2v) is 9.92. The predicted octanol–water partition coefficient (Wildman–Crippen LogP) is 4.14. The highest BCUT2D eigenvalue weighted by atomic mass is 19.4. The lowest BCUT2D eigenvalue weighted by molar-refractivity contribution is -0.167. The number of aliphatic hydroxyl groups is 2. The Morgan fingerprint density at radius 3 is 1.86 bits per heavy atom. The van der Waals surface area contributed by atoms with E-state index in [4.69, 9.17) is 9.47 Å². The van der Waals surface area contributed by atoms with Gasteiger partial charge in [-0.15, -0.1) is 0 Å². The maximum absolute atomic E-state index is 13.0. The van der Waals surface area contributed by atoms with Crippen molar-refractivity contribution in [2.24, 2.45) is 0 Å². The first kappa shape index (κ1) is 32.2. The number of alkyl halides is 3. The van der Waals surface area contributed by atoms with Gasteiger partial charge in [0.15, 0.2) is 0 Å². The number of ether oxygens (including phenoxy) is 2. The van der Waals surface area contributed by atoms with Crippen LogP contribution in [0.4, 0.5) is 18.9 Å². The summed E-state index contributed by atoms with van der Waals surface area (Å²) in [5.74, 6) is 2.51. The number of carbonyl (C=O) groups excluding carboxylic acids is 3. The van der Waals surface area contributed by atoms with Crippen LogP contribution < -0.4 is 5.32 Å². The summed E-state index contributed by atoms with van der Waals surface area (Å²) >= 11 is 0. The van der Waals surface area contributed by atoms with Crippen molar-refractivity contribution in [2.45, 2.75) is 51.5 Å². The molecule has 2 aromatic carbocycles. The quantitative estimate of drug-likeness (QED) is 0.243. The van der Waals surface area contributed by atoms with Gasteiger partial charge in [0.05, 0.1) is 50.7 Å². The van der Waals surface area contributed by atoms with Gasteiger partial charge in [0.2, 0.25) is 0 Å². The summed E-state index contributed by atoms with van der Waals surface area (Å²) in [5.41, 5.74) is 2.00. The molecule has 4 rings (SSSR count). The van der Waals surface area contributed by atoms with E-state index in [9.17, 15) is 37.8 Å². The van der Waals surface area contributed by atoms with Crippen LogP contribution in [-0.2, 0) is 42.5 Å². The number of anilines is 1. The number of benzene rings is 2. The fourth-order valence-corrected chi connectivity index (χ4v) is 5.24. The number of fused-ring (bicyclic) bond motifs is 3. The minimum atomic E-state index is -5.13. The summed E-state index contributed by atoms with van der Waals surface area (Å²) in [4.78, 5) is 41.8. The monoisotopic (exact) mass is 610 g/mol. The van der Waals surface area contributed by atoms with Gasteiger partial charge in [-0.3, -0.25) is 19.4 Å². The molecule has 0 atom stereocenters. The maximum atomic E-state index is 13.0. The van der Waals surface area contributed by atoms with Crippen LogP contribution in [0.3, 0.4) is 0 Å². The van der Waals surface area contributed by atoms with Gasteiger partial charge in [0, 0.05) is 22.2 Å². The summed E-state index contributed by atoms with van der Waals surface area (Å²) in [5, 5.41) is 20.8. The smallest absolute Gasteiger partial charge is 0.466 e. The molecule has 1 aliphatic rings. The molecule has 3 aromatic rings. The average Bonchev–Trinajstić information content (AvgIpc) is 3.23. The summed E-state index contributed by atoms with van der Waals surface area (Å²) in [6, 6.07) is 12.4. The average molecular weight is 611 g/mol. The van der Waals surface area contributed by atoms with E-state index in [-0.39, 0.29) is 45.0 Å². The van der Waals surface area contributed by atoms with Crippen molar-refractivity contribution in [1.82, 2.24) is 4.98 Å². The molecular formula is C32H29F3N2O7. The standard InChI is InChI=1S/C32H29F3N2O7/c1-3-43-28(40)15-31(16-29(41)44-4-2)26-13-19(5-6-20-11-22(17-38)36-23(12-20)18-39)7-9-24(26)25-10-8-21(14-27(25)31)37-30(42)32(33,34)35/h7-14,38-39H,3-4,15-18H2,1-2H3,(H,37,42). The first-order valence-corrected chi connectivity index (χ1v) is 13.7. The molecule has 0 saturated heterocycles. The first-order valence-electron chi connectivity index (χ1n) is 13.7. The molecular weight excluding hydrogens is 581 g/mol. The Morgan fingerprint density at radius 1 is 0.818 bits per heavy atom. The van der Waals surface area contributed by atoms with Gasteiger partial charge in [-0.25, -0.2) is 0 Å². The molecule has 12 heteroatoms. The Morgan fingerprint density at radius 2 is 1.34 bits per heavy atom. The third-order valence-corrected chi connectivity index (χ3v) is 6.99. The van der Waals surface area contributed by atoms with Crippen molar-refractivity contribution in [3.63, 3.8) is 0 Å². The number of pyridine rings is 1. The summed E-state index contributed by atoms with van der Waals surface area (Å²) in [6.07, 6.45) is -5.83. The summed E-state index contributed by atoms with van der Waals surface area (Å²) in [7, 11) is 0. The molecule has 0 fully saturated rings. The number of hydrogen-bond donors (Lipinski definition) is 3. The lowest BCUT2D eigenvalue weighted by Crippen LogP contribution is -2.34. The molecule has 1 aromatic heterocycles. The zero-order valence-corrected chi connectivity index (χ0v) is 23.9. The number of aromatic nitrogens is 1. The maximum Gasteiger partial charge on any atom is 0.471 e. The van der Waals surface area contributed by atoms with Gasteiger partial charge in [0.25, 0.3) is 0 Å². The number of esters is 2. The van der Waals surface area contributed by atoms with Crippen LogP contribution in [0.5, 0.6) is 0 Å². The molecule has 0 radical (unpaired) electrons. The molecule has 0 saturated carbocycles. The Balaban J connectivity index is 1.89. The van der Waals surface area contributed by atoms with Crippen LogP contribution in [-0.4, -0.2) is 52.4 Å². The highest BCUT2D eigenvalue weighted by molar-refractivity contribution is 5.96. The molecule has 0 unspecified atom stereocenters. The number of hydrogen-bond acceptors (Lipinski definition) is 8. The van der Waals surface area contributed by atoms with Crippen LogP contribution in [0.2, 0.25) is 0 Å². The van der Waals surface area contributed by atoms with Crippen LogP contribution >= 0.6 is 0 Å². The van der Waals surface area contributed by atoms with E-state index in [1.54, 1.807) is 44.2 Å². The Bertz CT molecular complexity index is 1620. The molecule has 1 aliphatic carbocycles. The Kier molecular flexibility index (Phi) is 9.71. The van der Waals surface area contributed by atoms with E-state index in [0.717, 1.165) is 0 Å². The van der Waals surface area contributed by atoms with E-state index in [1.165, 1.54) is 18.2 Å². The van der Waals surface area contributed by atoms with Gasteiger partial charge >= 0.3 is 24.0 Å². The van der Waals surface area contributed by atoms with Crippen molar-refractivity contribution >= 4 is 23.5 Å². The van der Waals surface area contributed by atoms with Crippen LogP contribution in [0.15, 0.2) is 48.5 Å². The predicted molar refractivity (Wildman–Crippen MR) is 152 cm³/mol. The number of carbonyl (C=O) groups is 3. The van der Waals surface area contributed by atoms with Crippen molar-refractivity contribution in [2.75, 3.05) is 18.5 Å². The third-order valence-electron chi connectivity index (χ3n) is 6.99. The molecule has 230 valence electrons. The number of nitrogens with one attached hydrogen (secondary N) is 1. The van der Waals surface area contributed by atoms with Crippen molar-refractivity contribution in [3.8, 4) is 23.0 Å². The van der Waals surface area contributed by atoms with Crippen LogP contribution in [0.1, 0.15) is 60.3 Å².